The molecule has 0 radical (unpaired) electrons. The van der Waals surface area contributed by atoms with E-state index < -0.39 is 0 Å². The lowest BCUT2D eigenvalue weighted by molar-refractivity contribution is 0.0532. The maximum atomic E-state index is 11.6. The maximum absolute atomic E-state index is 11.6. The number of amides is 1. The molecule has 0 saturated heterocycles. The van der Waals surface area contributed by atoms with Gasteiger partial charge < -0.3 is 4.74 Å². The minimum absolute atomic E-state index is 0.0860. The lowest BCUT2D eigenvalue weighted by atomic mass is 10.1. The number of carbonyl (C=O) groups is 1. The third kappa shape index (κ3) is 4.30. The molecule has 0 heterocycles. The first kappa shape index (κ1) is 13.0. The Morgan fingerprint density at radius 2 is 2.00 bits per heavy atom. The molecular weight excluding hydrogens is 178 g/mol. The second-order valence-corrected chi connectivity index (χ2v) is 4.50. The Morgan fingerprint density at radius 1 is 1.50 bits per heavy atom. The van der Waals surface area contributed by atoms with E-state index in [1.165, 1.54) is 0 Å². The number of rotatable bonds is 3. The first-order chi connectivity index (χ1) is 6.29. The molecule has 3 heteroatoms. The van der Waals surface area contributed by atoms with Crippen LogP contribution in [0.5, 0.6) is 0 Å². The zero-order valence-electron chi connectivity index (χ0n) is 9.83. The van der Waals surface area contributed by atoms with Crippen LogP contribution in [0.3, 0.4) is 0 Å². The molecule has 0 rings (SSSR count). The zero-order chi connectivity index (χ0) is 11.4. The summed E-state index contributed by atoms with van der Waals surface area (Å²) in [5.74, 6) is 0. The Kier molecular flexibility index (Phi) is 4.68. The lowest BCUT2D eigenvalue weighted by Gasteiger charge is -2.34. The number of ether oxygens (including phenoxy) is 1. The maximum Gasteiger partial charge on any atom is 0.410 e. The first-order valence-electron chi connectivity index (χ1n) is 4.88. The van der Waals surface area contributed by atoms with E-state index in [4.69, 9.17) is 4.74 Å². The predicted molar refractivity (Wildman–Crippen MR) is 58.3 cm³/mol. The molecule has 0 aliphatic heterocycles. The van der Waals surface area contributed by atoms with Gasteiger partial charge in [0.1, 0.15) is 0 Å². The molecule has 1 amide bonds. The van der Waals surface area contributed by atoms with Gasteiger partial charge in [0, 0.05) is 12.1 Å². The summed E-state index contributed by atoms with van der Waals surface area (Å²) in [6.07, 6.45) is 1.33. The molecule has 0 aliphatic rings. The van der Waals surface area contributed by atoms with Gasteiger partial charge in [-0.2, -0.15) is 0 Å². The molecule has 3 nitrogen and oxygen atoms in total. The molecular formula is C11H21NO2. The molecule has 0 spiro atoms. The minimum atomic E-state index is -0.285. The SMILES string of the molecule is C=CCN(C(=O)OC(C)C)C(C)(C)C. The molecule has 0 aromatic rings. The Bertz CT molecular complexity index is 204. The van der Waals surface area contributed by atoms with Gasteiger partial charge in [-0.25, -0.2) is 4.79 Å². The van der Waals surface area contributed by atoms with Gasteiger partial charge >= 0.3 is 6.09 Å². The van der Waals surface area contributed by atoms with Crippen molar-refractivity contribution in [2.75, 3.05) is 6.54 Å². The van der Waals surface area contributed by atoms with Gasteiger partial charge in [0.15, 0.2) is 0 Å². The fourth-order valence-electron chi connectivity index (χ4n) is 1.02. The van der Waals surface area contributed by atoms with Gasteiger partial charge in [0.05, 0.1) is 6.10 Å². The van der Waals surface area contributed by atoms with E-state index in [1.807, 2.05) is 34.6 Å². The minimum Gasteiger partial charge on any atom is -0.447 e. The molecule has 82 valence electrons. The standard InChI is InChI=1S/C11H21NO2/c1-7-8-12(11(4,5)6)10(13)14-9(2)3/h7,9H,1,8H2,2-6H3. The average molecular weight is 199 g/mol. The van der Waals surface area contributed by atoms with Gasteiger partial charge in [0.25, 0.3) is 0 Å². The molecule has 0 atom stereocenters. The monoisotopic (exact) mass is 199 g/mol. The largest absolute Gasteiger partial charge is 0.447 e. The fourth-order valence-corrected chi connectivity index (χ4v) is 1.02. The van der Waals surface area contributed by atoms with Gasteiger partial charge in [0.2, 0.25) is 0 Å². The van der Waals surface area contributed by atoms with Crippen molar-refractivity contribution >= 4 is 6.09 Å². The highest BCUT2D eigenvalue weighted by Crippen LogP contribution is 2.15. The average Bonchev–Trinajstić information content (AvgIpc) is 1.96. The Labute approximate surface area is 86.7 Å². The van der Waals surface area contributed by atoms with Crippen LogP contribution in [-0.2, 0) is 4.74 Å². The topological polar surface area (TPSA) is 29.5 Å². The van der Waals surface area contributed by atoms with E-state index in [-0.39, 0.29) is 17.7 Å². The van der Waals surface area contributed by atoms with Crippen molar-refractivity contribution in [3.05, 3.63) is 12.7 Å². The molecule has 14 heavy (non-hydrogen) atoms. The Balaban J connectivity index is 4.49. The normalized spacial score (nSPS) is 11.3. The lowest BCUT2D eigenvalue weighted by Crippen LogP contribution is -2.46. The van der Waals surface area contributed by atoms with Gasteiger partial charge in [-0.05, 0) is 34.6 Å². The molecule has 0 aromatic heterocycles. The van der Waals surface area contributed by atoms with Crippen molar-refractivity contribution in [2.45, 2.75) is 46.3 Å². The van der Waals surface area contributed by atoms with Crippen LogP contribution in [0.4, 0.5) is 4.79 Å². The van der Waals surface area contributed by atoms with Crippen LogP contribution in [0.2, 0.25) is 0 Å². The second kappa shape index (κ2) is 5.03. The second-order valence-electron chi connectivity index (χ2n) is 4.50. The summed E-state index contributed by atoms with van der Waals surface area (Å²) in [4.78, 5) is 13.3. The Hall–Kier alpha value is -0.990. The number of nitrogens with zero attached hydrogens (tertiary/aromatic N) is 1. The van der Waals surface area contributed by atoms with Crippen molar-refractivity contribution in [3.63, 3.8) is 0 Å². The van der Waals surface area contributed by atoms with Gasteiger partial charge in [-0.15, -0.1) is 6.58 Å². The molecule has 0 bridgehead atoms. The van der Waals surface area contributed by atoms with Crippen molar-refractivity contribution in [1.82, 2.24) is 4.90 Å². The summed E-state index contributed by atoms with van der Waals surface area (Å²) in [6, 6.07) is 0. The summed E-state index contributed by atoms with van der Waals surface area (Å²) < 4.78 is 5.13. The van der Waals surface area contributed by atoms with Gasteiger partial charge in [-0.1, -0.05) is 6.08 Å². The van der Waals surface area contributed by atoms with Crippen LogP contribution in [0, 0.1) is 0 Å². The van der Waals surface area contributed by atoms with E-state index in [0.29, 0.717) is 6.54 Å². The van der Waals surface area contributed by atoms with Crippen molar-refractivity contribution in [1.29, 1.82) is 0 Å². The molecule has 0 aromatic carbocycles. The van der Waals surface area contributed by atoms with E-state index in [0.717, 1.165) is 0 Å². The van der Waals surface area contributed by atoms with E-state index in [2.05, 4.69) is 6.58 Å². The fraction of sp³-hybridized carbons (Fsp3) is 0.727. The van der Waals surface area contributed by atoms with Crippen LogP contribution < -0.4 is 0 Å². The smallest absolute Gasteiger partial charge is 0.410 e. The van der Waals surface area contributed by atoms with E-state index in [1.54, 1.807) is 11.0 Å². The highest BCUT2D eigenvalue weighted by Gasteiger charge is 2.26. The quantitative estimate of drug-likeness (QED) is 0.654. The molecule has 0 N–H and O–H groups in total. The predicted octanol–water partition coefficient (Wildman–Crippen LogP) is 2.82. The van der Waals surface area contributed by atoms with Crippen molar-refractivity contribution in [2.24, 2.45) is 0 Å². The van der Waals surface area contributed by atoms with Crippen LogP contribution in [-0.4, -0.2) is 29.2 Å². The van der Waals surface area contributed by atoms with Crippen LogP contribution in [0.25, 0.3) is 0 Å². The Morgan fingerprint density at radius 3 is 2.29 bits per heavy atom. The third-order valence-corrected chi connectivity index (χ3v) is 1.68. The van der Waals surface area contributed by atoms with E-state index >= 15 is 0 Å². The molecule has 0 unspecified atom stereocenters. The van der Waals surface area contributed by atoms with Crippen LogP contribution in [0.15, 0.2) is 12.7 Å². The first-order valence-corrected chi connectivity index (χ1v) is 4.88. The van der Waals surface area contributed by atoms with Gasteiger partial charge in [-0.3, -0.25) is 4.90 Å². The molecule has 0 saturated carbocycles. The molecule has 0 aliphatic carbocycles. The zero-order valence-corrected chi connectivity index (χ0v) is 9.83. The highest BCUT2D eigenvalue weighted by atomic mass is 16.6. The summed E-state index contributed by atoms with van der Waals surface area (Å²) >= 11 is 0. The molecule has 0 fully saturated rings. The van der Waals surface area contributed by atoms with E-state index in [9.17, 15) is 4.79 Å². The summed E-state index contributed by atoms with van der Waals surface area (Å²) in [5, 5.41) is 0. The highest BCUT2D eigenvalue weighted by molar-refractivity contribution is 5.68. The summed E-state index contributed by atoms with van der Waals surface area (Å²) in [7, 11) is 0. The summed E-state index contributed by atoms with van der Waals surface area (Å²) in [6.45, 7) is 13.7. The van der Waals surface area contributed by atoms with Crippen LogP contribution >= 0.6 is 0 Å². The van der Waals surface area contributed by atoms with Crippen LogP contribution in [0.1, 0.15) is 34.6 Å². The number of carbonyl (C=O) groups excluding carboxylic acids is 1. The van der Waals surface area contributed by atoms with Crippen molar-refractivity contribution < 1.29 is 9.53 Å². The number of hydrogen-bond donors (Lipinski definition) is 0. The van der Waals surface area contributed by atoms with Crippen molar-refractivity contribution in [3.8, 4) is 0 Å². The summed E-state index contributed by atoms with van der Waals surface area (Å²) in [5.41, 5.74) is -0.236. The number of hydrogen-bond acceptors (Lipinski definition) is 2. The third-order valence-electron chi connectivity index (χ3n) is 1.68.